The summed E-state index contributed by atoms with van der Waals surface area (Å²) >= 11 is 7.27. The first-order chi connectivity index (χ1) is 19.8. The number of carbonyl (C=O) groups excluding carboxylic acids is 5. The number of nitrogens with zero attached hydrogens (tertiary/aromatic N) is 2. The second-order valence-electron chi connectivity index (χ2n) is 10.8. The smallest absolute Gasteiger partial charge is 0.353 e. The highest BCUT2D eigenvalue weighted by atomic mass is 35.5. The van der Waals surface area contributed by atoms with Crippen LogP contribution in [0.4, 0.5) is 0 Å². The summed E-state index contributed by atoms with van der Waals surface area (Å²) in [7, 11) is 0. The molecular formula is C31H23ClN2O6S. The molecule has 2 saturated carbocycles. The van der Waals surface area contributed by atoms with Crippen molar-refractivity contribution < 1.29 is 28.7 Å². The van der Waals surface area contributed by atoms with Crippen molar-refractivity contribution in [2.45, 2.75) is 6.42 Å². The molecule has 3 aromatic rings. The van der Waals surface area contributed by atoms with Crippen LogP contribution in [0, 0.1) is 35.5 Å². The fourth-order valence-electron chi connectivity index (χ4n) is 6.64. The van der Waals surface area contributed by atoms with E-state index in [1.54, 1.807) is 17.5 Å². The molecule has 0 spiro atoms. The standard InChI is InChI=1S/C31H23ClN2O6S/c32-18-7-3-17(4-8-18)28(36)33(34-29(37)26-20-11-12-21(23-14-22(20)23)27(26)30(34)38)15-24(35)16-5-9-19(10-6-16)40-31(39)25-2-1-13-41-25/h1-13,20-23,26-27H,14-15H2/t20-,21-,22-,23+,26+,27+/m0/s1. The zero-order valence-electron chi connectivity index (χ0n) is 21.5. The number of halogens is 1. The molecule has 5 aliphatic rings. The summed E-state index contributed by atoms with van der Waals surface area (Å²) < 4.78 is 5.36. The first-order valence-corrected chi connectivity index (χ1v) is 14.6. The van der Waals surface area contributed by atoms with E-state index in [1.165, 1.54) is 59.9 Å². The minimum atomic E-state index is -0.651. The Hall–Kier alpha value is -4.08. The van der Waals surface area contributed by atoms with Gasteiger partial charge in [-0.3, -0.25) is 19.2 Å². The first-order valence-electron chi connectivity index (χ1n) is 13.3. The van der Waals surface area contributed by atoms with Crippen LogP contribution in [0.5, 0.6) is 5.75 Å². The van der Waals surface area contributed by atoms with E-state index in [4.69, 9.17) is 16.3 Å². The second-order valence-corrected chi connectivity index (χ2v) is 12.2. The average molecular weight is 587 g/mol. The number of ketones is 1. The number of carbonyl (C=O) groups is 5. The van der Waals surface area contributed by atoms with Gasteiger partial charge in [0.1, 0.15) is 17.2 Å². The van der Waals surface area contributed by atoms with Crippen molar-refractivity contribution >= 4 is 52.4 Å². The highest BCUT2D eigenvalue weighted by Gasteiger charge is 2.68. The Bertz CT molecular complexity index is 1580. The van der Waals surface area contributed by atoms with Gasteiger partial charge >= 0.3 is 5.97 Å². The predicted octanol–water partition coefficient (Wildman–Crippen LogP) is 4.91. The van der Waals surface area contributed by atoms with E-state index in [0.29, 0.717) is 21.7 Å². The molecule has 41 heavy (non-hydrogen) atoms. The van der Waals surface area contributed by atoms with Crippen LogP contribution in [0.3, 0.4) is 0 Å². The number of allylic oxidation sites excluding steroid dienone is 2. The molecule has 8 nitrogen and oxygen atoms in total. The zero-order valence-corrected chi connectivity index (χ0v) is 23.1. The van der Waals surface area contributed by atoms with Crippen LogP contribution in [-0.4, -0.2) is 46.0 Å². The van der Waals surface area contributed by atoms with Crippen molar-refractivity contribution in [1.82, 2.24) is 10.0 Å². The Morgan fingerprint density at radius 2 is 1.49 bits per heavy atom. The molecule has 3 amide bonds. The van der Waals surface area contributed by atoms with E-state index in [9.17, 15) is 24.0 Å². The number of benzene rings is 2. The average Bonchev–Trinajstić information content (AvgIpc) is 3.55. The van der Waals surface area contributed by atoms with Crippen molar-refractivity contribution in [3.8, 4) is 5.75 Å². The second kappa shape index (κ2) is 9.78. The molecule has 0 N–H and O–H groups in total. The Kier molecular flexibility index (Phi) is 6.17. The van der Waals surface area contributed by atoms with Gasteiger partial charge in [-0.15, -0.1) is 11.3 Å². The number of amides is 3. The topological polar surface area (TPSA) is 101 Å². The van der Waals surface area contributed by atoms with Crippen LogP contribution in [0.15, 0.2) is 78.2 Å². The third-order valence-electron chi connectivity index (χ3n) is 8.61. The Balaban J connectivity index is 1.15. The van der Waals surface area contributed by atoms with Crippen LogP contribution < -0.4 is 4.74 Å². The van der Waals surface area contributed by atoms with Crippen LogP contribution in [0.2, 0.25) is 5.02 Å². The highest BCUT2D eigenvalue weighted by molar-refractivity contribution is 7.12. The Morgan fingerprint density at radius 3 is 2.07 bits per heavy atom. The normalized spacial score (nSPS) is 26.9. The van der Waals surface area contributed by atoms with Crippen LogP contribution in [-0.2, 0) is 9.59 Å². The van der Waals surface area contributed by atoms with E-state index in [2.05, 4.69) is 12.2 Å². The Labute approximate surface area is 244 Å². The lowest BCUT2D eigenvalue weighted by Gasteiger charge is -2.37. The van der Waals surface area contributed by atoms with Gasteiger partial charge in [-0.05, 0) is 90.1 Å². The zero-order chi connectivity index (χ0) is 28.4. The van der Waals surface area contributed by atoms with Crippen molar-refractivity contribution in [1.29, 1.82) is 0 Å². The molecule has 10 heteroatoms. The number of thiophene rings is 1. The van der Waals surface area contributed by atoms with Gasteiger partial charge in [0.15, 0.2) is 5.78 Å². The molecule has 1 aromatic heterocycles. The van der Waals surface area contributed by atoms with Gasteiger partial charge < -0.3 is 4.74 Å². The molecule has 1 aliphatic heterocycles. The summed E-state index contributed by atoms with van der Waals surface area (Å²) in [6.07, 6.45) is 5.12. The summed E-state index contributed by atoms with van der Waals surface area (Å²) in [6, 6.07) is 15.4. The number of hydrazine groups is 1. The van der Waals surface area contributed by atoms with Crippen LogP contribution >= 0.6 is 22.9 Å². The van der Waals surface area contributed by atoms with Gasteiger partial charge in [0, 0.05) is 16.1 Å². The van der Waals surface area contributed by atoms with Gasteiger partial charge in [0.05, 0.1) is 11.8 Å². The predicted molar refractivity (Wildman–Crippen MR) is 149 cm³/mol. The number of hydrogen-bond acceptors (Lipinski definition) is 7. The van der Waals surface area contributed by atoms with Gasteiger partial charge in [-0.25, -0.2) is 9.80 Å². The molecule has 206 valence electrons. The minimum absolute atomic E-state index is 0.0240. The lowest BCUT2D eigenvalue weighted by Crippen LogP contribution is -2.52. The molecular weight excluding hydrogens is 564 g/mol. The molecule has 2 heterocycles. The maximum Gasteiger partial charge on any atom is 0.353 e. The molecule has 2 aromatic carbocycles. The first kappa shape index (κ1) is 25.9. The maximum absolute atomic E-state index is 13.8. The third-order valence-corrected chi connectivity index (χ3v) is 9.71. The van der Waals surface area contributed by atoms with Crippen molar-refractivity contribution in [3.05, 3.63) is 99.2 Å². The van der Waals surface area contributed by atoms with Gasteiger partial charge in [0.2, 0.25) is 0 Å². The fraction of sp³-hybridized carbons (Fsp3) is 0.258. The number of rotatable bonds is 7. The summed E-state index contributed by atoms with van der Waals surface area (Å²) in [5.74, 6) is -2.54. The molecule has 2 bridgehead atoms. The molecule has 0 radical (unpaired) electrons. The molecule has 1 saturated heterocycles. The lowest BCUT2D eigenvalue weighted by molar-refractivity contribution is -0.154. The van der Waals surface area contributed by atoms with Gasteiger partial charge in [-0.2, -0.15) is 5.01 Å². The van der Waals surface area contributed by atoms with Crippen molar-refractivity contribution in [2.24, 2.45) is 35.5 Å². The quantitative estimate of drug-likeness (QED) is 0.128. The number of esters is 1. The molecule has 3 fully saturated rings. The van der Waals surface area contributed by atoms with E-state index in [1.807, 2.05) is 0 Å². The minimum Gasteiger partial charge on any atom is -0.422 e. The maximum atomic E-state index is 13.8. The van der Waals surface area contributed by atoms with E-state index >= 15 is 0 Å². The van der Waals surface area contributed by atoms with Gasteiger partial charge in [0.25, 0.3) is 17.7 Å². The van der Waals surface area contributed by atoms with Crippen molar-refractivity contribution in [3.63, 3.8) is 0 Å². The SMILES string of the molecule is O=C(CN(C(=O)c1ccc(Cl)cc1)N1C(=O)[C@@H]2[C@H]3C=C[C@@H]([C@@H]4C[C@H]34)[C@H]2C1=O)c1ccc(OC(=O)c2cccs2)cc1. The van der Waals surface area contributed by atoms with Crippen LogP contribution in [0.25, 0.3) is 0 Å². The number of Topliss-reactive ketones (excluding diaryl/α,β-unsaturated/α-hetero) is 1. The van der Waals surface area contributed by atoms with E-state index in [-0.39, 0.29) is 28.7 Å². The number of imide groups is 1. The molecule has 8 rings (SSSR count). The molecule has 6 atom stereocenters. The number of ether oxygens (including phenoxy) is 1. The largest absolute Gasteiger partial charge is 0.422 e. The monoisotopic (exact) mass is 586 g/mol. The summed E-state index contributed by atoms with van der Waals surface area (Å²) in [5.41, 5.74) is 0.423. The lowest BCUT2D eigenvalue weighted by atomic mass is 9.63. The molecule has 0 unspecified atom stereocenters. The van der Waals surface area contributed by atoms with E-state index < -0.39 is 47.9 Å². The molecule has 4 aliphatic carbocycles. The fourth-order valence-corrected chi connectivity index (χ4v) is 7.37. The summed E-state index contributed by atoms with van der Waals surface area (Å²) in [5, 5.41) is 4.08. The summed E-state index contributed by atoms with van der Waals surface area (Å²) in [4.78, 5) is 67.5. The van der Waals surface area contributed by atoms with E-state index in [0.717, 1.165) is 16.4 Å². The third kappa shape index (κ3) is 4.31. The highest BCUT2D eigenvalue weighted by Crippen LogP contribution is 2.65. The van der Waals surface area contributed by atoms with Crippen molar-refractivity contribution in [2.75, 3.05) is 6.54 Å². The number of hydrogen-bond donors (Lipinski definition) is 0. The van der Waals surface area contributed by atoms with Crippen LogP contribution in [0.1, 0.15) is 36.8 Å². The van der Waals surface area contributed by atoms with Gasteiger partial charge in [-0.1, -0.05) is 29.8 Å². The Morgan fingerprint density at radius 1 is 0.878 bits per heavy atom. The summed E-state index contributed by atoms with van der Waals surface area (Å²) in [6.45, 7) is -0.525.